The van der Waals surface area contributed by atoms with Gasteiger partial charge in [-0.25, -0.2) is 4.39 Å². The number of benzene rings is 1. The minimum absolute atomic E-state index is 0.107. The molecule has 1 aromatic carbocycles. The summed E-state index contributed by atoms with van der Waals surface area (Å²) in [4.78, 5) is 0. The summed E-state index contributed by atoms with van der Waals surface area (Å²) < 4.78 is 14.4. The number of halogens is 2. The molecule has 96 valence electrons. The molecular weight excluding hydrogens is 281 g/mol. The Hall–Kier alpha value is -0.410. The first-order valence-electron chi connectivity index (χ1n) is 6.15. The second kappa shape index (κ2) is 7.12. The molecule has 1 aromatic rings. The van der Waals surface area contributed by atoms with Gasteiger partial charge in [0.25, 0.3) is 0 Å². The van der Waals surface area contributed by atoms with Crippen LogP contribution in [0.4, 0.5) is 4.39 Å². The molecule has 0 spiro atoms. The third kappa shape index (κ3) is 4.76. The van der Waals surface area contributed by atoms with E-state index in [0.717, 1.165) is 29.3 Å². The lowest BCUT2D eigenvalue weighted by molar-refractivity contribution is 0.392. The monoisotopic (exact) mass is 301 g/mol. The Morgan fingerprint density at radius 2 is 2.06 bits per heavy atom. The summed E-state index contributed by atoms with van der Waals surface area (Å²) in [6.45, 7) is 4.42. The fourth-order valence-electron chi connectivity index (χ4n) is 2.05. The standard InChI is InChI=1S/C14H21BrFN/c1-10(2)14(17-3)6-4-5-11-7-8-12(15)9-13(11)16/h7-10,14,17H,4-6H2,1-3H3. The molecule has 0 radical (unpaired) electrons. The van der Waals surface area contributed by atoms with Gasteiger partial charge in [-0.3, -0.25) is 0 Å². The maximum Gasteiger partial charge on any atom is 0.127 e. The van der Waals surface area contributed by atoms with Crippen LogP contribution in [0.1, 0.15) is 32.3 Å². The van der Waals surface area contributed by atoms with Crippen LogP contribution in [0.5, 0.6) is 0 Å². The zero-order valence-electron chi connectivity index (χ0n) is 10.8. The molecule has 1 atom stereocenters. The molecule has 0 amide bonds. The van der Waals surface area contributed by atoms with Gasteiger partial charge < -0.3 is 5.32 Å². The molecule has 0 aliphatic carbocycles. The second-order valence-electron chi connectivity index (χ2n) is 4.77. The fraction of sp³-hybridized carbons (Fsp3) is 0.571. The Bertz CT molecular complexity index is 352. The highest BCUT2D eigenvalue weighted by atomic mass is 79.9. The van der Waals surface area contributed by atoms with E-state index in [9.17, 15) is 4.39 Å². The van der Waals surface area contributed by atoms with Crippen LogP contribution in [-0.4, -0.2) is 13.1 Å². The molecule has 17 heavy (non-hydrogen) atoms. The predicted octanol–water partition coefficient (Wildman–Crippen LogP) is 4.15. The van der Waals surface area contributed by atoms with Crippen molar-refractivity contribution in [2.24, 2.45) is 5.92 Å². The molecule has 0 heterocycles. The zero-order chi connectivity index (χ0) is 12.8. The van der Waals surface area contributed by atoms with Gasteiger partial charge in [-0.15, -0.1) is 0 Å². The Balaban J connectivity index is 2.45. The van der Waals surface area contributed by atoms with Gasteiger partial charge in [0.2, 0.25) is 0 Å². The molecule has 1 rings (SSSR count). The van der Waals surface area contributed by atoms with E-state index in [1.807, 2.05) is 19.2 Å². The fourth-order valence-corrected chi connectivity index (χ4v) is 2.38. The van der Waals surface area contributed by atoms with Gasteiger partial charge in [-0.1, -0.05) is 35.8 Å². The smallest absolute Gasteiger partial charge is 0.127 e. The minimum atomic E-state index is -0.107. The summed E-state index contributed by atoms with van der Waals surface area (Å²) in [7, 11) is 1.99. The number of hydrogen-bond donors (Lipinski definition) is 1. The van der Waals surface area contributed by atoms with Crippen molar-refractivity contribution in [1.29, 1.82) is 0 Å². The van der Waals surface area contributed by atoms with Crippen LogP contribution in [0.25, 0.3) is 0 Å². The van der Waals surface area contributed by atoms with Crippen LogP contribution in [0.3, 0.4) is 0 Å². The van der Waals surface area contributed by atoms with Gasteiger partial charge in [0.05, 0.1) is 0 Å². The van der Waals surface area contributed by atoms with E-state index >= 15 is 0 Å². The first-order chi connectivity index (χ1) is 8.04. The lowest BCUT2D eigenvalue weighted by atomic mass is 9.97. The van der Waals surface area contributed by atoms with Crippen molar-refractivity contribution in [3.63, 3.8) is 0 Å². The van der Waals surface area contributed by atoms with Crippen molar-refractivity contribution >= 4 is 15.9 Å². The first-order valence-corrected chi connectivity index (χ1v) is 6.95. The van der Waals surface area contributed by atoms with Crippen LogP contribution in [-0.2, 0) is 6.42 Å². The Kier molecular flexibility index (Phi) is 6.14. The highest BCUT2D eigenvalue weighted by molar-refractivity contribution is 9.10. The molecule has 0 bridgehead atoms. The summed E-state index contributed by atoms with van der Waals surface area (Å²) in [6, 6.07) is 5.82. The average molecular weight is 302 g/mol. The number of aryl methyl sites for hydroxylation is 1. The molecule has 0 saturated heterocycles. The van der Waals surface area contributed by atoms with E-state index in [1.165, 1.54) is 6.07 Å². The van der Waals surface area contributed by atoms with Gasteiger partial charge >= 0.3 is 0 Å². The van der Waals surface area contributed by atoms with Gasteiger partial charge in [-0.05, 0) is 49.9 Å². The van der Waals surface area contributed by atoms with E-state index in [0.29, 0.717) is 12.0 Å². The van der Waals surface area contributed by atoms with Gasteiger partial charge in [-0.2, -0.15) is 0 Å². The lowest BCUT2D eigenvalue weighted by Gasteiger charge is -2.19. The third-order valence-corrected chi connectivity index (χ3v) is 3.65. The van der Waals surface area contributed by atoms with E-state index in [1.54, 1.807) is 0 Å². The quantitative estimate of drug-likeness (QED) is 0.832. The van der Waals surface area contributed by atoms with E-state index in [4.69, 9.17) is 0 Å². The molecule has 0 aliphatic heterocycles. The highest BCUT2D eigenvalue weighted by Gasteiger charge is 2.10. The predicted molar refractivity (Wildman–Crippen MR) is 74.7 cm³/mol. The molecule has 1 nitrogen and oxygen atoms in total. The van der Waals surface area contributed by atoms with Crippen molar-refractivity contribution in [2.75, 3.05) is 7.05 Å². The number of rotatable bonds is 6. The van der Waals surface area contributed by atoms with E-state index < -0.39 is 0 Å². The molecule has 0 saturated carbocycles. The lowest BCUT2D eigenvalue weighted by Crippen LogP contribution is -2.30. The second-order valence-corrected chi connectivity index (χ2v) is 5.68. The Morgan fingerprint density at radius 1 is 1.35 bits per heavy atom. The van der Waals surface area contributed by atoms with Gasteiger partial charge in [0.1, 0.15) is 5.82 Å². The van der Waals surface area contributed by atoms with Crippen molar-refractivity contribution in [2.45, 2.75) is 39.2 Å². The average Bonchev–Trinajstić information content (AvgIpc) is 2.26. The molecule has 0 aromatic heterocycles. The van der Waals surface area contributed by atoms with Crippen molar-refractivity contribution in [3.05, 3.63) is 34.1 Å². The maximum absolute atomic E-state index is 13.6. The van der Waals surface area contributed by atoms with Crippen LogP contribution in [0.15, 0.2) is 22.7 Å². The number of nitrogens with one attached hydrogen (secondary N) is 1. The maximum atomic E-state index is 13.6. The van der Waals surface area contributed by atoms with E-state index in [-0.39, 0.29) is 5.82 Å². The number of hydrogen-bond acceptors (Lipinski definition) is 1. The molecule has 0 aliphatic rings. The van der Waals surface area contributed by atoms with Crippen LogP contribution in [0.2, 0.25) is 0 Å². The van der Waals surface area contributed by atoms with Gasteiger partial charge in [0.15, 0.2) is 0 Å². The minimum Gasteiger partial charge on any atom is -0.317 e. The highest BCUT2D eigenvalue weighted by Crippen LogP contribution is 2.18. The normalized spacial score (nSPS) is 13.1. The van der Waals surface area contributed by atoms with Crippen molar-refractivity contribution in [1.82, 2.24) is 5.32 Å². The summed E-state index contributed by atoms with van der Waals surface area (Å²) in [5.41, 5.74) is 0.812. The van der Waals surface area contributed by atoms with Gasteiger partial charge in [0, 0.05) is 10.5 Å². The SMILES string of the molecule is CNC(CCCc1ccc(Br)cc1F)C(C)C. The summed E-state index contributed by atoms with van der Waals surface area (Å²) in [5.74, 6) is 0.514. The molecular formula is C14H21BrFN. The van der Waals surface area contributed by atoms with Crippen molar-refractivity contribution in [3.8, 4) is 0 Å². The Morgan fingerprint density at radius 3 is 2.59 bits per heavy atom. The summed E-state index contributed by atoms with van der Waals surface area (Å²) in [5, 5.41) is 3.31. The summed E-state index contributed by atoms with van der Waals surface area (Å²) >= 11 is 3.27. The molecule has 1 unspecified atom stereocenters. The molecule has 1 N–H and O–H groups in total. The van der Waals surface area contributed by atoms with Crippen LogP contribution >= 0.6 is 15.9 Å². The largest absolute Gasteiger partial charge is 0.317 e. The van der Waals surface area contributed by atoms with Crippen LogP contribution in [0, 0.1) is 11.7 Å². The topological polar surface area (TPSA) is 12.0 Å². The zero-order valence-corrected chi connectivity index (χ0v) is 12.3. The first kappa shape index (κ1) is 14.7. The van der Waals surface area contributed by atoms with Crippen molar-refractivity contribution < 1.29 is 4.39 Å². The molecule has 0 fully saturated rings. The summed E-state index contributed by atoms with van der Waals surface area (Å²) in [6.07, 6.45) is 2.91. The molecule has 3 heteroatoms. The third-order valence-electron chi connectivity index (χ3n) is 3.15. The van der Waals surface area contributed by atoms with Crippen LogP contribution < -0.4 is 5.32 Å². The Labute approximate surface area is 112 Å². The van der Waals surface area contributed by atoms with E-state index in [2.05, 4.69) is 35.1 Å².